The second-order valence-corrected chi connectivity index (χ2v) is 4.29. The molecule has 4 heteroatoms. The molecule has 1 aromatic heterocycles. The van der Waals surface area contributed by atoms with Crippen molar-refractivity contribution in [2.45, 2.75) is 38.8 Å². The highest BCUT2D eigenvalue weighted by Crippen LogP contribution is 2.24. The summed E-state index contributed by atoms with van der Waals surface area (Å²) in [6.45, 7) is 4.15. The molecule has 1 N–H and O–H groups in total. The van der Waals surface area contributed by atoms with Crippen molar-refractivity contribution in [3.63, 3.8) is 0 Å². The summed E-state index contributed by atoms with van der Waals surface area (Å²) in [7, 11) is 1.92. The summed E-state index contributed by atoms with van der Waals surface area (Å²) in [5, 5.41) is 3.08. The number of rotatable bonds is 4. The summed E-state index contributed by atoms with van der Waals surface area (Å²) >= 11 is 0. The van der Waals surface area contributed by atoms with Gasteiger partial charge in [-0.05, 0) is 26.3 Å². The van der Waals surface area contributed by atoms with Gasteiger partial charge in [-0.1, -0.05) is 6.92 Å². The molecule has 0 saturated carbocycles. The zero-order valence-electron chi connectivity index (χ0n) is 10.1. The number of aromatic nitrogens is 2. The molecule has 1 atom stereocenters. The number of hydrogen-bond acceptors (Lipinski definition) is 4. The lowest BCUT2D eigenvalue weighted by Gasteiger charge is -2.24. The van der Waals surface area contributed by atoms with Gasteiger partial charge in [0.2, 0.25) is 0 Å². The lowest BCUT2D eigenvalue weighted by atomic mass is 10.2. The van der Waals surface area contributed by atoms with E-state index in [2.05, 4.69) is 27.1 Å². The van der Waals surface area contributed by atoms with Gasteiger partial charge >= 0.3 is 0 Å². The Morgan fingerprint density at radius 3 is 2.94 bits per heavy atom. The van der Waals surface area contributed by atoms with Gasteiger partial charge < -0.3 is 10.2 Å². The first kappa shape index (κ1) is 11.3. The maximum Gasteiger partial charge on any atom is 0.147 e. The summed E-state index contributed by atoms with van der Waals surface area (Å²) in [4.78, 5) is 11.3. The van der Waals surface area contributed by atoms with E-state index < -0.39 is 0 Å². The van der Waals surface area contributed by atoms with Crippen LogP contribution < -0.4 is 10.2 Å². The zero-order chi connectivity index (χ0) is 11.4. The molecule has 1 aliphatic rings. The third-order valence-electron chi connectivity index (χ3n) is 3.19. The Balaban J connectivity index is 2.08. The molecule has 0 radical (unpaired) electrons. The minimum absolute atomic E-state index is 0.657. The normalized spacial score (nSPS) is 20.4. The van der Waals surface area contributed by atoms with Gasteiger partial charge in [-0.15, -0.1) is 0 Å². The van der Waals surface area contributed by atoms with E-state index in [1.165, 1.54) is 19.3 Å². The monoisotopic (exact) mass is 220 g/mol. The SMILES string of the molecule is CCC1CCCN1c1cnc(CNC)cn1. The van der Waals surface area contributed by atoms with Crippen LogP contribution in [-0.4, -0.2) is 29.6 Å². The van der Waals surface area contributed by atoms with Crippen molar-refractivity contribution in [2.75, 3.05) is 18.5 Å². The predicted molar refractivity (Wildman–Crippen MR) is 65.5 cm³/mol. The lowest BCUT2D eigenvalue weighted by Crippen LogP contribution is -2.29. The lowest BCUT2D eigenvalue weighted by molar-refractivity contribution is 0.638. The zero-order valence-corrected chi connectivity index (χ0v) is 10.1. The summed E-state index contributed by atoms with van der Waals surface area (Å²) in [5.41, 5.74) is 0.999. The highest BCUT2D eigenvalue weighted by Gasteiger charge is 2.23. The second kappa shape index (κ2) is 5.25. The smallest absolute Gasteiger partial charge is 0.147 e. The Morgan fingerprint density at radius 1 is 1.44 bits per heavy atom. The Morgan fingerprint density at radius 2 is 2.31 bits per heavy atom. The van der Waals surface area contributed by atoms with E-state index in [0.717, 1.165) is 24.6 Å². The molecule has 2 rings (SSSR count). The molecule has 0 aliphatic carbocycles. The summed E-state index contributed by atoms with van der Waals surface area (Å²) < 4.78 is 0. The van der Waals surface area contributed by atoms with Crippen LogP contribution in [0.3, 0.4) is 0 Å². The van der Waals surface area contributed by atoms with Crippen LogP contribution in [-0.2, 0) is 6.54 Å². The van der Waals surface area contributed by atoms with Crippen molar-refractivity contribution in [3.8, 4) is 0 Å². The number of nitrogens with zero attached hydrogens (tertiary/aromatic N) is 3. The number of hydrogen-bond donors (Lipinski definition) is 1. The minimum atomic E-state index is 0.657. The van der Waals surface area contributed by atoms with Crippen LogP contribution in [0.1, 0.15) is 31.9 Å². The van der Waals surface area contributed by atoms with Gasteiger partial charge in [-0.3, -0.25) is 4.98 Å². The van der Waals surface area contributed by atoms with Crippen LogP contribution >= 0.6 is 0 Å². The molecule has 0 aromatic carbocycles. The van der Waals surface area contributed by atoms with E-state index in [1.807, 2.05) is 19.4 Å². The van der Waals surface area contributed by atoms with E-state index >= 15 is 0 Å². The van der Waals surface area contributed by atoms with Crippen LogP contribution in [0, 0.1) is 0 Å². The fraction of sp³-hybridized carbons (Fsp3) is 0.667. The first-order valence-corrected chi connectivity index (χ1v) is 6.07. The third-order valence-corrected chi connectivity index (χ3v) is 3.19. The first-order chi connectivity index (χ1) is 7.85. The van der Waals surface area contributed by atoms with Gasteiger partial charge in [0.1, 0.15) is 5.82 Å². The van der Waals surface area contributed by atoms with E-state index in [-0.39, 0.29) is 0 Å². The first-order valence-electron chi connectivity index (χ1n) is 6.07. The van der Waals surface area contributed by atoms with Gasteiger partial charge in [-0.25, -0.2) is 4.98 Å². The van der Waals surface area contributed by atoms with Crippen LogP contribution in [0.15, 0.2) is 12.4 Å². The second-order valence-electron chi connectivity index (χ2n) is 4.29. The van der Waals surface area contributed by atoms with Crippen LogP contribution in [0.4, 0.5) is 5.82 Å². The van der Waals surface area contributed by atoms with Gasteiger partial charge in [0, 0.05) is 19.1 Å². The molecular weight excluding hydrogens is 200 g/mol. The summed E-state index contributed by atoms with van der Waals surface area (Å²) in [5.74, 6) is 1.03. The Bertz CT molecular complexity index is 322. The molecule has 0 bridgehead atoms. The third kappa shape index (κ3) is 2.32. The average Bonchev–Trinajstić information content (AvgIpc) is 2.78. The van der Waals surface area contributed by atoms with Gasteiger partial charge in [-0.2, -0.15) is 0 Å². The molecular formula is C12H20N4. The molecule has 1 saturated heterocycles. The fourth-order valence-corrected chi connectivity index (χ4v) is 2.33. The maximum absolute atomic E-state index is 4.50. The molecule has 1 aliphatic heterocycles. The molecule has 4 nitrogen and oxygen atoms in total. The molecule has 88 valence electrons. The van der Waals surface area contributed by atoms with E-state index in [1.54, 1.807) is 0 Å². The van der Waals surface area contributed by atoms with Crippen molar-refractivity contribution < 1.29 is 0 Å². The Kier molecular flexibility index (Phi) is 3.72. The average molecular weight is 220 g/mol. The topological polar surface area (TPSA) is 41.1 Å². The number of anilines is 1. The molecule has 1 unspecified atom stereocenters. The van der Waals surface area contributed by atoms with Crippen molar-refractivity contribution in [3.05, 3.63) is 18.1 Å². The Hall–Kier alpha value is -1.16. The molecule has 2 heterocycles. The van der Waals surface area contributed by atoms with Gasteiger partial charge in [0.25, 0.3) is 0 Å². The molecule has 0 spiro atoms. The van der Waals surface area contributed by atoms with Crippen LogP contribution in [0.2, 0.25) is 0 Å². The van der Waals surface area contributed by atoms with Crippen molar-refractivity contribution in [1.82, 2.24) is 15.3 Å². The molecule has 0 amide bonds. The predicted octanol–water partition coefficient (Wildman–Crippen LogP) is 1.57. The van der Waals surface area contributed by atoms with E-state index in [9.17, 15) is 0 Å². The summed E-state index contributed by atoms with van der Waals surface area (Å²) in [6, 6.07) is 0.657. The molecule has 16 heavy (non-hydrogen) atoms. The molecule has 1 aromatic rings. The Labute approximate surface area is 97.1 Å². The van der Waals surface area contributed by atoms with Crippen molar-refractivity contribution in [1.29, 1.82) is 0 Å². The van der Waals surface area contributed by atoms with Gasteiger partial charge in [0.15, 0.2) is 0 Å². The largest absolute Gasteiger partial charge is 0.352 e. The molecule has 1 fully saturated rings. The minimum Gasteiger partial charge on any atom is -0.352 e. The fourth-order valence-electron chi connectivity index (χ4n) is 2.33. The van der Waals surface area contributed by atoms with Crippen LogP contribution in [0.25, 0.3) is 0 Å². The quantitative estimate of drug-likeness (QED) is 0.836. The van der Waals surface area contributed by atoms with Crippen molar-refractivity contribution in [2.24, 2.45) is 0 Å². The van der Waals surface area contributed by atoms with Crippen molar-refractivity contribution >= 4 is 5.82 Å². The van der Waals surface area contributed by atoms with Gasteiger partial charge in [0.05, 0.1) is 18.1 Å². The van der Waals surface area contributed by atoms with Crippen LogP contribution in [0.5, 0.6) is 0 Å². The highest BCUT2D eigenvalue weighted by atomic mass is 15.2. The highest BCUT2D eigenvalue weighted by molar-refractivity contribution is 5.38. The summed E-state index contributed by atoms with van der Waals surface area (Å²) in [6.07, 6.45) is 7.53. The standard InChI is InChI=1S/C12H20N4/c1-3-11-5-4-6-16(11)12-9-14-10(7-13-2)8-15-12/h8-9,11,13H,3-7H2,1-2H3. The van der Waals surface area contributed by atoms with E-state index in [4.69, 9.17) is 0 Å². The van der Waals surface area contributed by atoms with E-state index in [0.29, 0.717) is 6.04 Å². The maximum atomic E-state index is 4.50. The number of nitrogens with one attached hydrogen (secondary N) is 1.